The molecule has 5 rings (SSSR count). The van der Waals surface area contributed by atoms with Crippen LogP contribution < -0.4 is 4.74 Å². The van der Waals surface area contributed by atoms with E-state index in [4.69, 9.17) is 14.9 Å². The SMILES string of the molecule is FC(F)(F)c1ncccc1-c1cccc2c1CCC2.O=C(O)CC1COc2cc(O)ccc21. The summed E-state index contributed by atoms with van der Waals surface area (Å²) in [5, 5.41) is 17.8. The molecule has 172 valence electrons. The Morgan fingerprint density at radius 1 is 1.09 bits per heavy atom. The Morgan fingerprint density at radius 2 is 1.88 bits per heavy atom. The van der Waals surface area contributed by atoms with Crippen molar-refractivity contribution in [3.63, 3.8) is 0 Å². The maximum atomic E-state index is 13.0. The Hall–Kier alpha value is -3.55. The van der Waals surface area contributed by atoms with Gasteiger partial charge in [-0.1, -0.05) is 30.3 Å². The van der Waals surface area contributed by atoms with E-state index in [9.17, 15) is 18.0 Å². The predicted octanol–water partition coefficient (Wildman–Crippen LogP) is 5.60. The van der Waals surface area contributed by atoms with Crippen LogP contribution in [0.1, 0.15) is 41.1 Å². The predicted molar refractivity (Wildman–Crippen MR) is 115 cm³/mol. The first-order valence-corrected chi connectivity index (χ1v) is 10.5. The first-order chi connectivity index (χ1) is 15.7. The minimum Gasteiger partial charge on any atom is -0.508 e. The maximum absolute atomic E-state index is 13.0. The molecule has 1 aliphatic heterocycles. The van der Waals surface area contributed by atoms with E-state index >= 15 is 0 Å². The number of aryl methyl sites for hydroxylation is 1. The summed E-state index contributed by atoms with van der Waals surface area (Å²) >= 11 is 0. The average Bonchev–Trinajstić information content (AvgIpc) is 3.40. The Bertz CT molecular complexity index is 1180. The van der Waals surface area contributed by atoms with Crippen LogP contribution in [-0.4, -0.2) is 27.8 Å². The summed E-state index contributed by atoms with van der Waals surface area (Å²) in [4.78, 5) is 14.1. The molecule has 8 heteroatoms. The normalized spacial score (nSPS) is 16.3. The molecule has 0 bridgehead atoms. The number of rotatable bonds is 3. The fraction of sp³-hybridized carbons (Fsp3) is 0.280. The van der Waals surface area contributed by atoms with Gasteiger partial charge in [0.15, 0.2) is 5.69 Å². The van der Waals surface area contributed by atoms with E-state index in [1.807, 2.05) is 12.1 Å². The number of nitrogens with zero attached hydrogens (tertiary/aromatic N) is 1. The third-order valence-corrected chi connectivity index (χ3v) is 5.81. The van der Waals surface area contributed by atoms with Crippen LogP contribution in [0.4, 0.5) is 13.2 Å². The number of aromatic hydroxyl groups is 1. The lowest BCUT2D eigenvalue weighted by Crippen LogP contribution is -2.10. The molecule has 0 saturated heterocycles. The number of benzene rings is 2. The van der Waals surface area contributed by atoms with E-state index in [0.29, 0.717) is 17.9 Å². The number of hydrogen-bond donors (Lipinski definition) is 2. The highest BCUT2D eigenvalue weighted by Gasteiger charge is 2.36. The molecule has 1 aromatic heterocycles. The molecule has 0 fully saturated rings. The standard InChI is InChI=1S/C15H12F3N.C10H10O4/c16-15(17,18)14-13(8-3-9-19-14)12-7-2-5-10-4-1-6-11(10)12;11-7-1-2-8-6(3-10(12)13)5-14-9(8)4-7/h2-3,5,7-9H,1,4,6H2;1-2,4,6,11H,3,5H2,(H,12,13). The number of alkyl halides is 3. The number of halogens is 3. The molecule has 2 aliphatic rings. The molecule has 0 spiro atoms. The highest BCUT2D eigenvalue weighted by molar-refractivity contribution is 5.72. The molecule has 1 aliphatic carbocycles. The topological polar surface area (TPSA) is 79.7 Å². The molecule has 2 heterocycles. The number of aliphatic carboxylic acids is 1. The van der Waals surface area contributed by atoms with Gasteiger partial charge >= 0.3 is 12.1 Å². The zero-order valence-electron chi connectivity index (χ0n) is 17.6. The number of ether oxygens (including phenoxy) is 1. The summed E-state index contributed by atoms with van der Waals surface area (Å²) in [6.45, 7) is 0.380. The van der Waals surface area contributed by atoms with Crippen LogP contribution >= 0.6 is 0 Å². The van der Waals surface area contributed by atoms with Crippen molar-refractivity contribution < 1.29 is 32.9 Å². The molecule has 2 aromatic carbocycles. The van der Waals surface area contributed by atoms with Gasteiger partial charge in [0.05, 0.1) is 13.0 Å². The fourth-order valence-electron chi connectivity index (χ4n) is 4.37. The zero-order chi connectivity index (χ0) is 23.6. The number of carboxylic acids is 1. The number of phenols is 1. The van der Waals surface area contributed by atoms with E-state index in [2.05, 4.69) is 4.98 Å². The van der Waals surface area contributed by atoms with Gasteiger partial charge in [-0.3, -0.25) is 9.78 Å². The molecule has 0 saturated carbocycles. The van der Waals surface area contributed by atoms with Gasteiger partial charge in [0.25, 0.3) is 0 Å². The molecule has 1 unspecified atom stereocenters. The van der Waals surface area contributed by atoms with Crippen molar-refractivity contribution in [1.29, 1.82) is 0 Å². The van der Waals surface area contributed by atoms with Gasteiger partial charge in [-0.25, -0.2) is 0 Å². The minimum absolute atomic E-state index is 0.0672. The van der Waals surface area contributed by atoms with Crippen LogP contribution in [0.5, 0.6) is 11.5 Å². The van der Waals surface area contributed by atoms with Gasteiger partial charge < -0.3 is 14.9 Å². The van der Waals surface area contributed by atoms with E-state index < -0.39 is 17.8 Å². The number of pyridine rings is 1. The number of phenolic OH excluding ortho intramolecular Hbond substituents is 1. The number of aromatic nitrogens is 1. The van der Waals surface area contributed by atoms with Crippen molar-refractivity contribution in [2.45, 2.75) is 37.8 Å². The lowest BCUT2D eigenvalue weighted by Gasteiger charge is -2.14. The minimum atomic E-state index is -4.42. The second-order valence-electron chi connectivity index (χ2n) is 8.02. The Morgan fingerprint density at radius 3 is 2.64 bits per heavy atom. The first-order valence-electron chi connectivity index (χ1n) is 10.5. The summed E-state index contributed by atoms with van der Waals surface area (Å²) < 4.78 is 44.3. The Labute approximate surface area is 188 Å². The number of fused-ring (bicyclic) bond motifs is 2. The summed E-state index contributed by atoms with van der Waals surface area (Å²) in [6.07, 6.45) is -0.359. The van der Waals surface area contributed by atoms with E-state index in [1.54, 1.807) is 24.3 Å². The summed E-state index contributed by atoms with van der Waals surface area (Å²) in [5.74, 6) is -0.196. The molecular formula is C25H22F3NO4. The van der Waals surface area contributed by atoms with Crippen molar-refractivity contribution in [2.75, 3.05) is 6.61 Å². The third kappa shape index (κ3) is 4.94. The molecule has 33 heavy (non-hydrogen) atoms. The van der Waals surface area contributed by atoms with Crippen molar-refractivity contribution in [1.82, 2.24) is 4.98 Å². The van der Waals surface area contributed by atoms with Gasteiger partial charge in [0.1, 0.15) is 11.5 Å². The van der Waals surface area contributed by atoms with Crippen LogP contribution in [0.25, 0.3) is 11.1 Å². The molecular weight excluding hydrogens is 435 g/mol. The van der Waals surface area contributed by atoms with Gasteiger partial charge in [0.2, 0.25) is 0 Å². The maximum Gasteiger partial charge on any atom is 0.433 e. The summed E-state index contributed by atoms with van der Waals surface area (Å²) in [6, 6.07) is 13.4. The number of carboxylic acid groups (broad SMARTS) is 1. The van der Waals surface area contributed by atoms with Crippen LogP contribution in [-0.2, 0) is 23.8 Å². The quantitative estimate of drug-likeness (QED) is 0.535. The van der Waals surface area contributed by atoms with E-state index in [1.165, 1.54) is 18.3 Å². The zero-order valence-corrected chi connectivity index (χ0v) is 17.6. The molecule has 2 N–H and O–H groups in total. The first kappa shape index (κ1) is 22.6. The number of carbonyl (C=O) groups is 1. The van der Waals surface area contributed by atoms with Crippen LogP contribution in [0.15, 0.2) is 54.7 Å². The Balaban J connectivity index is 0.000000165. The third-order valence-electron chi connectivity index (χ3n) is 5.81. The van der Waals surface area contributed by atoms with Crippen LogP contribution in [0.3, 0.4) is 0 Å². The molecule has 0 amide bonds. The highest BCUT2D eigenvalue weighted by Crippen LogP contribution is 2.39. The summed E-state index contributed by atoms with van der Waals surface area (Å²) in [7, 11) is 0. The van der Waals surface area contributed by atoms with Crippen molar-refractivity contribution >= 4 is 5.97 Å². The highest BCUT2D eigenvalue weighted by atomic mass is 19.4. The summed E-state index contributed by atoms with van der Waals surface area (Å²) in [5.41, 5.74) is 3.14. The van der Waals surface area contributed by atoms with Crippen molar-refractivity contribution in [3.8, 4) is 22.6 Å². The average molecular weight is 457 g/mol. The van der Waals surface area contributed by atoms with Crippen molar-refractivity contribution in [3.05, 3.63) is 77.1 Å². The van der Waals surface area contributed by atoms with E-state index in [-0.39, 0.29) is 23.7 Å². The van der Waals surface area contributed by atoms with Gasteiger partial charge in [-0.2, -0.15) is 13.2 Å². The largest absolute Gasteiger partial charge is 0.508 e. The monoisotopic (exact) mass is 457 g/mol. The molecule has 3 aromatic rings. The lowest BCUT2D eigenvalue weighted by molar-refractivity contribution is -0.140. The smallest absolute Gasteiger partial charge is 0.433 e. The van der Waals surface area contributed by atoms with E-state index in [0.717, 1.165) is 36.0 Å². The van der Waals surface area contributed by atoms with Crippen LogP contribution in [0, 0.1) is 0 Å². The fourth-order valence-corrected chi connectivity index (χ4v) is 4.37. The van der Waals surface area contributed by atoms with Crippen molar-refractivity contribution in [2.24, 2.45) is 0 Å². The van der Waals surface area contributed by atoms with Crippen LogP contribution in [0.2, 0.25) is 0 Å². The Kier molecular flexibility index (Phi) is 6.26. The molecule has 0 radical (unpaired) electrons. The molecule has 1 atom stereocenters. The van der Waals surface area contributed by atoms with Gasteiger partial charge in [-0.05, 0) is 48.1 Å². The molecule has 5 nitrogen and oxygen atoms in total. The van der Waals surface area contributed by atoms with Gasteiger partial charge in [-0.15, -0.1) is 0 Å². The number of hydrogen-bond acceptors (Lipinski definition) is 4. The second kappa shape index (κ2) is 9.13. The lowest BCUT2D eigenvalue weighted by atomic mass is 9.95. The second-order valence-corrected chi connectivity index (χ2v) is 8.02. The van der Waals surface area contributed by atoms with Gasteiger partial charge in [0, 0.05) is 29.3 Å².